The molecule has 1 unspecified atom stereocenters. The number of aliphatic hydroxyl groups excluding tert-OH is 1. The Hall–Kier alpha value is -0.940. The first-order chi connectivity index (χ1) is 9.58. The molecule has 102 valence electrons. The van der Waals surface area contributed by atoms with Crippen LogP contribution in [0.3, 0.4) is 0 Å². The summed E-state index contributed by atoms with van der Waals surface area (Å²) in [7, 11) is 0. The molecule has 0 radical (unpaired) electrons. The van der Waals surface area contributed by atoms with E-state index >= 15 is 0 Å². The van der Waals surface area contributed by atoms with Gasteiger partial charge in [-0.1, -0.05) is 29.8 Å². The Morgan fingerprint density at radius 2 is 2.05 bits per heavy atom. The zero-order valence-electron chi connectivity index (χ0n) is 10.1. The fraction of sp³-hybridized carbons (Fsp3) is 0.0667. The summed E-state index contributed by atoms with van der Waals surface area (Å²) in [6.45, 7) is 0. The summed E-state index contributed by atoms with van der Waals surface area (Å²) in [5.41, 5.74) is 1.26. The summed E-state index contributed by atoms with van der Waals surface area (Å²) in [5.74, 6) is -0.524. The number of fused-ring (bicyclic) bond motifs is 1. The lowest BCUT2D eigenvalue weighted by Gasteiger charge is -2.11. The van der Waals surface area contributed by atoms with Crippen molar-refractivity contribution < 1.29 is 9.50 Å². The van der Waals surface area contributed by atoms with Crippen LogP contribution in [0.1, 0.15) is 17.2 Å². The molecule has 1 atom stereocenters. The van der Waals surface area contributed by atoms with Crippen molar-refractivity contribution in [2.45, 2.75) is 6.10 Å². The SMILES string of the molecule is OC(c1ccc(Cl)c(F)c1)c1csc2c(Br)cccc12. The van der Waals surface area contributed by atoms with Crippen molar-refractivity contribution in [3.63, 3.8) is 0 Å². The van der Waals surface area contributed by atoms with Crippen LogP contribution in [0.15, 0.2) is 46.3 Å². The molecular formula is C15H9BrClFOS. The van der Waals surface area contributed by atoms with Crippen molar-refractivity contribution in [1.29, 1.82) is 0 Å². The van der Waals surface area contributed by atoms with Gasteiger partial charge in [0.2, 0.25) is 0 Å². The van der Waals surface area contributed by atoms with E-state index in [0.29, 0.717) is 5.56 Å². The van der Waals surface area contributed by atoms with Crippen molar-refractivity contribution in [2.75, 3.05) is 0 Å². The summed E-state index contributed by atoms with van der Waals surface area (Å²) in [4.78, 5) is 0. The zero-order valence-corrected chi connectivity index (χ0v) is 13.3. The molecule has 0 aliphatic rings. The van der Waals surface area contributed by atoms with E-state index in [-0.39, 0.29) is 5.02 Å². The van der Waals surface area contributed by atoms with Crippen LogP contribution >= 0.6 is 38.9 Å². The van der Waals surface area contributed by atoms with E-state index in [9.17, 15) is 9.50 Å². The number of benzene rings is 2. The molecule has 20 heavy (non-hydrogen) atoms. The summed E-state index contributed by atoms with van der Waals surface area (Å²) >= 11 is 10.7. The second-order valence-electron chi connectivity index (χ2n) is 4.38. The van der Waals surface area contributed by atoms with E-state index < -0.39 is 11.9 Å². The zero-order chi connectivity index (χ0) is 14.3. The van der Waals surface area contributed by atoms with Gasteiger partial charge >= 0.3 is 0 Å². The summed E-state index contributed by atoms with van der Waals surface area (Å²) in [6.07, 6.45) is -0.871. The fourth-order valence-corrected chi connectivity index (χ4v) is 3.87. The first kappa shape index (κ1) is 14.0. The molecule has 1 heterocycles. The third-order valence-corrected chi connectivity index (χ3v) is 5.41. The molecule has 2 aromatic carbocycles. The number of hydrogen-bond acceptors (Lipinski definition) is 2. The van der Waals surface area contributed by atoms with Crippen molar-refractivity contribution in [3.05, 3.63) is 68.2 Å². The first-order valence-corrected chi connectivity index (χ1v) is 7.91. The second-order valence-corrected chi connectivity index (χ2v) is 6.52. The van der Waals surface area contributed by atoms with Crippen LogP contribution in [0.25, 0.3) is 10.1 Å². The number of rotatable bonds is 2. The van der Waals surface area contributed by atoms with Gasteiger partial charge in [0.15, 0.2) is 0 Å². The molecule has 3 aromatic rings. The smallest absolute Gasteiger partial charge is 0.142 e. The Morgan fingerprint density at radius 1 is 1.25 bits per heavy atom. The largest absolute Gasteiger partial charge is 0.384 e. The van der Waals surface area contributed by atoms with E-state index in [1.54, 1.807) is 17.4 Å². The monoisotopic (exact) mass is 370 g/mol. The maximum atomic E-state index is 13.5. The third-order valence-electron chi connectivity index (χ3n) is 3.14. The highest BCUT2D eigenvalue weighted by Gasteiger charge is 2.17. The van der Waals surface area contributed by atoms with E-state index in [1.165, 1.54) is 12.1 Å². The quantitative estimate of drug-likeness (QED) is 0.627. The maximum absolute atomic E-state index is 13.5. The van der Waals surface area contributed by atoms with E-state index in [2.05, 4.69) is 15.9 Å². The van der Waals surface area contributed by atoms with Gasteiger partial charge in [-0.15, -0.1) is 11.3 Å². The minimum Gasteiger partial charge on any atom is -0.384 e. The topological polar surface area (TPSA) is 20.2 Å². The molecule has 0 aliphatic carbocycles. The average Bonchev–Trinajstić information content (AvgIpc) is 2.86. The number of thiophene rings is 1. The highest BCUT2D eigenvalue weighted by molar-refractivity contribution is 9.10. The van der Waals surface area contributed by atoms with Crippen LogP contribution in [-0.4, -0.2) is 5.11 Å². The molecule has 1 nitrogen and oxygen atoms in total. The normalized spacial score (nSPS) is 12.8. The second kappa shape index (κ2) is 5.45. The molecule has 5 heteroatoms. The molecule has 0 saturated heterocycles. The van der Waals surface area contributed by atoms with Gasteiger partial charge in [0.05, 0.1) is 5.02 Å². The van der Waals surface area contributed by atoms with E-state index in [4.69, 9.17) is 11.6 Å². The van der Waals surface area contributed by atoms with Gasteiger partial charge in [0.1, 0.15) is 11.9 Å². The molecule has 1 N–H and O–H groups in total. The summed E-state index contributed by atoms with van der Waals surface area (Å²) < 4.78 is 15.6. The summed E-state index contributed by atoms with van der Waals surface area (Å²) in [6, 6.07) is 10.2. The molecule has 0 amide bonds. The average molecular weight is 372 g/mol. The van der Waals surface area contributed by atoms with Crippen molar-refractivity contribution in [1.82, 2.24) is 0 Å². The Labute approximate surface area is 132 Å². The highest BCUT2D eigenvalue weighted by Crippen LogP contribution is 2.37. The maximum Gasteiger partial charge on any atom is 0.142 e. The highest BCUT2D eigenvalue weighted by atomic mass is 79.9. The molecule has 1 aromatic heterocycles. The minimum absolute atomic E-state index is 0.0545. The molecule has 0 spiro atoms. The molecule has 0 aliphatic heterocycles. The van der Waals surface area contributed by atoms with Gasteiger partial charge in [0, 0.05) is 14.7 Å². The Bertz CT molecular complexity index is 787. The predicted octanol–water partition coefficient (Wildman–Crippen LogP) is 5.54. The van der Waals surface area contributed by atoms with Crippen LogP contribution in [0.5, 0.6) is 0 Å². The van der Waals surface area contributed by atoms with Crippen molar-refractivity contribution >= 4 is 49.0 Å². The number of halogens is 3. The lowest BCUT2D eigenvalue weighted by Crippen LogP contribution is -1.99. The lowest BCUT2D eigenvalue weighted by molar-refractivity contribution is 0.222. The lowest BCUT2D eigenvalue weighted by atomic mass is 10.0. The predicted molar refractivity (Wildman–Crippen MR) is 85.0 cm³/mol. The molecule has 3 rings (SSSR count). The Balaban J connectivity index is 2.10. The standard InChI is InChI=1S/C15H9BrClFOS/c16-11-3-1-2-9-10(7-20-15(9)11)14(19)8-4-5-12(17)13(18)6-8/h1-7,14,19H. The minimum atomic E-state index is -0.871. The van der Waals surface area contributed by atoms with Crippen molar-refractivity contribution in [2.24, 2.45) is 0 Å². The van der Waals surface area contributed by atoms with Crippen LogP contribution in [0, 0.1) is 5.82 Å². The van der Waals surface area contributed by atoms with Crippen LogP contribution in [-0.2, 0) is 0 Å². The van der Waals surface area contributed by atoms with Gasteiger partial charge < -0.3 is 5.11 Å². The molecule has 0 fully saturated rings. The fourth-order valence-electron chi connectivity index (χ4n) is 2.12. The molecule has 0 bridgehead atoms. The Morgan fingerprint density at radius 3 is 2.80 bits per heavy atom. The van der Waals surface area contributed by atoms with Gasteiger partial charge in [-0.3, -0.25) is 0 Å². The van der Waals surface area contributed by atoms with Gasteiger partial charge in [0.25, 0.3) is 0 Å². The van der Waals surface area contributed by atoms with Crippen molar-refractivity contribution in [3.8, 4) is 0 Å². The van der Waals surface area contributed by atoms with Crippen LogP contribution in [0.4, 0.5) is 4.39 Å². The van der Waals surface area contributed by atoms with Crippen LogP contribution in [0.2, 0.25) is 5.02 Å². The first-order valence-electron chi connectivity index (χ1n) is 5.86. The summed E-state index contributed by atoms with van der Waals surface area (Å²) in [5, 5.41) is 13.4. The molecular weight excluding hydrogens is 363 g/mol. The van der Waals surface area contributed by atoms with Gasteiger partial charge in [-0.25, -0.2) is 4.39 Å². The number of hydrogen-bond donors (Lipinski definition) is 1. The van der Waals surface area contributed by atoms with E-state index in [0.717, 1.165) is 20.1 Å². The van der Waals surface area contributed by atoms with Gasteiger partial charge in [-0.05, 0) is 50.5 Å². The van der Waals surface area contributed by atoms with E-state index in [1.807, 2.05) is 23.6 Å². The number of aliphatic hydroxyl groups is 1. The van der Waals surface area contributed by atoms with Gasteiger partial charge in [-0.2, -0.15) is 0 Å². The third kappa shape index (κ3) is 2.37. The molecule has 0 saturated carbocycles. The van der Waals surface area contributed by atoms with Crippen LogP contribution < -0.4 is 0 Å². The Kier molecular flexibility index (Phi) is 3.82.